The Morgan fingerprint density at radius 1 is 1.06 bits per heavy atom. The van der Waals surface area contributed by atoms with Gasteiger partial charge in [0.25, 0.3) is 5.91 Å². The number of nitrogens with zero attached hydrogens (tertiary/aromatic N) is 2. The van der Waals surface area contributed by atoms with E-state index >= 15 is 0 Å². The quantitative estimate of drug-likeness (QED) is 0.223. The molecule has 0 aliphatic carbocycles. The van der Waals surface area contributed by atoms with Gasteiger partial charge >= 0.3 is 0 Å². The Kier molecular flexibility index (Phi) is 8.89. The first kappa shape index (κ1) is 25.1. The van der Waals surface area contributed by atoms with Crippen LogP contribution in [0.4, 0.5) is 5.69 Å². The molecule has 6 nitrogen and oxygen atoms in total. The summed E-state index contributed by atoms with van der Waals surface area (Å²) in [6, 6.07) is 18.5. The van der Waals surface area contributed by atoms with Gasteiger partial charge in [0.1, 0.15) is 23.2 Å². The van der Waals surface area contributed by atoms with E-state index in [4.69, 9.17) is 9.15 Å². The zero-order valence-electron chi connectivity index (χ0n) is 20.5. The van der Waals surface area contributed by atoms with Crippen LogP contribution in [0.1, 0.15) is 39.4 Å². The lowest BCUT2D eigenvalue weighted by molar-refractivity contribution is -0.117. The molecule has 6 heteroatoms. The zero-order chi connectivity index (χ0) is 24.5. The van der Waals surface area contributed by atoms with Gasteiger partial charge < -0.3 is 19.4 Å². The first-order chi connectivity index (χ1) is 16.5. The molecule has 3 aromatic rings. The number of fused-ring (bicyclic) bond motifs is 1. The molecular formula is C28H33N3O3. The first-order valence-electron chi connectivity index (χ1n) is 11.8. The van der Waals surface area contributed by atoms with Gasteiger partial charge in [0.2, 0.25) is 0 Å². The zero-order valence-corrected chi connectivity index (χ0v) is 20.5. The van der Waals surface area contributed by atoms with Gasteiger partial charge in [-0.15, -0.1) is 0 Å². The van der Waals surface area contributed by atoms with Gasteiger partial charge in [-0.05, 0) is 60.9 Å². The number of benzene rings is 2. The summed E-state index contributed by atoms with van der Waals surface area (Å²) in [6.45, 7) is 8.95. The second-order valence-corrected chi connectivity index (χ2v) is 8.26. The fraction of sp³-hybridized carbons (Fsp3) is 0.357. The molecule has 1 heterocycles. The van der Waals surface area contributed by atoms with Crippen LogP contribution in [0.25, 0.3) is 27.7 Å². The number of hydrogen-bond donors (Lipinski definition) is 1. The van der Waals surface area contributed by atoms with Crippen molar-refractivity contribution >= 4 is 27.9 Å². The van der Waals surface area contributed by atoms with E-state index in [2.05, 4.69) is 54.4 Å². The highest BCUT2D eigenvalue weighted by atomic mass is 16.5. The Morgan fingerprint density at radius 3 is 2.44 bits per heavy atom. The predicted molar refractivity (Wildman–Crippen MR) is 138 cm³/mol. The van der Waals surface area contributed by atoms with Crippen LogP contribution in [0.2, 0.25) is 0 Å². The highest BCUT2D eigenvalue weighted by Crippen LogP contribution is 2.31. The fourth-order valence-corrected chi connectivity index (χ4v) is 3.97. The second-order valence-electron chi connectivity index (χ2n) is 8.26. The van der Waals surface area contributed by atoms with E-state index in [1.807, 2.05) is 18.2 Å². The van der Waals surface area contributed by atoms with Gasteiger partial charge in [-0.1, -0.05) is 32.0 Å². The summed E-state index contributed by atoms with van der Waals surface area (Å²) in [5.74, 6) is 0.756. The second kappa shape index (κ2) is 12.1. The van der Waals surface area contributed by atoms with Gasteiger partial charge in [0.05, 0.1) is 6.61 Å². The van der Waals surface area contributed by atoms with Crippen molar-refractivity contribution in [2.45, 2.75) is 33.6 Å². The highest BCUT2D eigenvalue weighted by molar-refractivity contribution is 6.04. The molecule has 1 N–H and O–H groups in total. The number of nitriles is 1. The molecule has 0 aliphatic rings. The number of carbonyl (C=O) groups is 1. The minimum absolute atomic E-state index is 0.0340. The number of rotatable bonds is 11. The maximum atomic E-state index is 12.4. The topological polar surface area (TPSA) is 78.5 Å². The van der Waals surface area contributed by atoms with Gasteiger partial charge in [-0.2, -0.15) is 5.26 Å². The Labute approximate surface area is 201 Å². The van der Waals surface area contributed by atoms with Crippen LogP contribution in [0, 0.1) is 11.3 Å². The van der Waals surface area contributed by atoms with Crippen molar-refractivity contribution in [1.82, 2.24) is 5.32 Å². The third-order valence-electron chi connectivity index (χ3n) is 5.74. The van der Waals surface area contributed by atoms with E-state index in [1.54, 1.807) is 20.1 Å². The fourth-order valence-electron chi connectivity index (χ4n) is 3.97. The largest absolute Gasteiger partial charge is 0.456 e. The van der Waals surface area contributed by atoms with Gasteiger partial charge in [-0.25, -0.2) is 0 Å². The molecule has 0 atom stereocenters. The number of hydrogen-bond acceptors (Lipinski definition) is 5. The van der Waals surface area contributed by atoms with Crippen LogP contribution >= 0.6 is 0 Å². The number of nitrogens with one attached hydrogen (secondary N) is 1. The molecule has 0 aliphatic heterocycles. The molecule has 0 spiro atoms. The van der Waals surface area contributed by atoms with E-state index in [0.29, 0.717) is 30.2 Å². The number of allylic oxidation sites excluding steroid dienone is 1. The number of ether oxygens (including phenoxy) is 1. The van der Waals surface area contributed by atoms with Crippen LogP contribution in [-0.2, 0) is 9.53 Å². The van der Waals surface area contributed by atoms with Crippen molar-refractivity contribution in [2.24, 2.45) is 0 Å². The minimum atomic E-state index is -0.434. The molecule has 3 rings (SSSR count). The van der Waals surface area contributed by atoms with Crippen LogP contribution < -0.4 is 10.2 Å². The third-order valence-corrected chi connectivity index (χ3v) is 5.74. The van der Waals surface area contributed by atoms with Gasteiger partial charge in [0, 0.05) is 43.6 Å². The normalized spacial score (nSPS) is 11.7. The molecule has 0 radical (unpaired) electrons. The molecule has 0 saturated carbocycles. The van der Waals surface area contributed by atoms with Crippen molar-refractivity contribution in [3.8, 4) is 17.4 Å². The summed E-state index contributed by atoms with van der Waals surface area (Å²) < 4.78 is 11.0. The number of carbonyl (C=O) groups excluding carboxylic acids is 1. The van der Waals surface area contributed by atoms with Crippen LogP contribution in [-0.4, -0.2) is 39.3 Å². The standard InChI is InChI=1S/C28H33N3O3/c1-5-14-31(15-6-2)24-10-9-21-17-23(8-7-22(21)18-24)27-12-11-26(34-27)20(3)25(19-29)28(32)30-13-16-33-4/h7-12,17-18H,5-6,13-16H2,1-4H3,(H,30,32)/b25-20+. The molecular weight excluding hydrogens is 426 g/mol. The lowest BCUT2D eigenvalue weighted by Crippen LogP contribution is -2.28. The molecule has 0 fully saturated rings. The van der Waals surface area contributed by atoms with Crippen molar-refractivity contribution < 1.29 is 13.9 Å². The van der Waals surface area contributed by atoms with E-state index in [0.717, 1.165) is 36.9 Å². The van der Waals surface area contributed by atoms with Crippen molar-refractivity contribution in [2.75, 3.05) is 38.3 Å². The molecule has 2 aromatic carbocycles. The number of anilines is 1. The lowest BCUT2D eigenvalue weighted by Gasteiger charge is -2.24. The SMILES string of the molecule is CCCN(CCC)c1ccc2cc(-c3ccc(/C(C)=C(\C#N)C(=O)NCCOC)o3)ccc2c1. The molecule has 0 saturated heterocycles. The molecule has 0 unspecified atom stereocenters. The molecule has 34 heavy (non-hydrogen) atoms. The van der Waals surface area contributed by atoms with E-state index in [1.165, 1.54) is 11.1 Å². The lowest BCUT2D eigenvalue weighted by atomic mass is 10.0. The molecule has 178 valence electrons. The summed E-state index contributed by atoms with van der Waals surface area (Å²) in [4.78, 5) is 14.8. The van der Waals surface area contributed by atoms with Gasteiger partial charge in [0.15, 0.2) is 0 Å². The average molecular weight is 460 g/mol. The molecule has 0 bridgehead atoms. The molecule has 1 amide bonds. The smallest absolute Gasteiger partial charge is 0.262 e. The van der Waals surface area contributed by atoms with E-state index in [9.17, 15) is 10.1 Å². The Bertz CT molecular complexity index is 1200. The highest BCUT2D eigenvalue weighted by Gasteiger charge is 2.16. The number of furan rings is 1. The summed E-state index contributed by atoms with van der Waals surface area (Å²) in [7, 11) is 1.56. The minimum Gasteiger partial charge on any atom is -0.456 e. The van der Waals surface area contributed by atoms with Crippen LogP contribution in [0.15, 0.2) is 58.5 Å². The molecule has 1 aromatic heterocycles. The first-order valence-corrected chi connectivity index (χ1v) is 11.8. The van der Waals surface area contributed by atoms with Gasteiger partial charge in [-0.3, -0.25) is 4.79 Å². The van der Waals surface area contributed by atoms with E-state index < -0.39 is 5.91 Å². The monoisotopic (exact) mass is 459 g/mol. The summed E-state index contributed by atoms with van der Waals surface area (Å²) in [5, 5.41) is 14.5. The maximum Gasteiger partial charge on any atom is 0.262 e. The summed E-state index contributed by atoms with van der Waals surface area (Å²) >= 11 is 0. The maximum absolute atomic E-state index is 12.4. The summed E-state index contributed by atoms with van der Waals surface area (Å²) in [6.07, 6.45) is 2.24. The van der Waals surface area contributed by atoms with E-state index in [-0.39, 0.29) is 5.57 Å². The van der Waals surface area contributed by atoms with Crippen molar-refractivity contribution in [3.05, 3.63) is 59.9 Å². The summed E-state index contributed by atoms with van der Waals surface area (Å²) in [5.41, 5.74) is 2.73. The van der Waals surface area contributed by atoms with Crippen LogP contribution in [0.3, 0.4) is 0 Å². The predicted octanol–water partition coefficient (Wildman–Crippen LogP) is 5.79. The Morgan fingerprint density at radius 2 is 1.76 bits per heavy atom. The van der Waals surface area contributed by atoms with Crippen molar-refractivity contribution in [1.29, 1.82) is 5.26 Å². The Hall–Kier alpha value is -3.56. The number of amides is 1. The third kappa shape index (κ3) is 5.86. The van der Waals surface area contributed by atoms with Crippen molar-refractivity contribution in [3.63, 3.8) is 0 Å². The Balaban J connectivity index is 1.86. The average Bonchev–Trinajstić information content (AvgIpc) is 3.34. The number of methoxy groups -OCH3 is 1. The van der Waals surface area contributed by atoms with Crippen LogP contribution in [0.5, 0.6) is 0 Å².